The van der Waals surface area contributed by atoms with Crippen molar-refractivity contribution < 1.29 is 9.53 Å². The van der Waals surface area contributed by atoms with Crippen LogP contribution in [0.4, 0.5) is 0 Å². The molecule has 1 aromatic carbocycles. The van der Waals surface area contributed by atoms with Crippen LogP contribution in [0.5, 0.6) is 0 Å². The molecule has 0 amide bonds. The molecule has 0 bridgehead atoms. The number of benzene rings is 1. The van der Waals surface area contributed by atoms with Crippen molar-refractivity contribution in [3.63, 3.8) is 0 Å². The summed E-state index contributed by atoms with van der Waals surface area (Å²) in [6.45, 7) is 0.222. The van der Waals surface area contributed by atoms with Crippen LogP contribution >= 0.6 is 11.6 Å². The summed E-state index contributed by atoms with van der Waals surface area (Å²) in [5.74, 6) is 0.197. The topological polar surface area (TPSA) is 39.2 Å². The molecule has 1 heterocycles. The Balaban J connectivity index is 1.48. The van der Waals surface area contributed by atoms with E-state index in [1.54, 1.807) is 6.20 Å². The Bertz CT molecular complexity index is 798. The van der Waals surface area contributed by atoms with Crippen molar-refractivity contribution in [3.8, 4) is 0 Å². The highest BCUT2D eigenvalue weighted by atomic mass is 35.5. The Morgan fingerprint density at radius 3 is 2.63 bits per heavy atom. The zero-order valence-corrected chi connectivity index (χ0v) is 16.4. The first-order valence-corrected chi connectivity index (χ1v) is 10.5. The van der Waals surface area contributed by atoms with Crippen LogP contribution in [-0.2, 0) is 22.6 Å². The smallest absolute Gasteiger partial charge is 0.313 e. The average Bonchev–Trinajstić information content (AvgIpc) is 2.91. The number of hydrogen-bond acceptors (Lipinski definition) is 3. The molecule has 142 valence electrons. The zero-order chi connectivity index (χ0) is 18.6. The molecule has 0 aliphatic heterocycles. The average molecular weight is 384 g/mol. The molecule has 4 rings (SSSR count). The van der Waals surface area contributed by atoms with E-state index >= 15 is 0 Å². The minimum Gasteiger partial charge on any atom is -0.459 e. The molecule has 4 heteroatoms. The third kappa shape index (κ3) is 4.19. The van der Waals surface area contributed by atoms with Gasteiger partial charge in [-0.15, -0.1) is 0 Å². The fourth-order valence-corrected chi connectivity index (χ4v) is 4.85. The van der Waals surface area contributed by atoms with E-state index in [-0.39, 0.29) is 18.5 Å². The standard InChI is InChI=1S/C23H26ClNO2/c24-22-14-20-17(13-21(22)16-7-3-1-2-4-8-16)10-11-19(20)23(26)27-15-18-9-5-6-12-25-18/h5-6,9,12-14,16,19H,1-4,7-8,10-11,15H2. The number of aryl methyl sites for hydroxylation is 1. The van der Waals surface area contributed by atoms with Gasteiger partial charge in [-0.05, 0) is 66.5 Å². The summed E-state index contributed by atoms with van der Waals surface area (Å²) in [6.07, 6.45) is 11.2. The Morgan fingerprint density at radius 1 is 1.07 bits per heavy atom. The summed E-state index contributed by atoms with van der Waals surface area (Å²) >= 11 is 6.68. The predicted molar refractivity (Wildman–Crippen MR) is 107 cm³/mol. The Labute approximate surface area is 166 Å². The lowest BCUT2D eigenvalue weighted by molar-refractivity contribution is -0.146. The summed E-state index contributed by atoms with van der Waals surface area (Å²) in [5.41, 5.74) is 4.40. The number of pyridine rings is 1. The minimum atomic E-state index is -0.204. The molecule has 1 saturated carbocycles. The van der Waals surface area contributed by atoms with Crippen LogP contribution in [-0.4, -0.2) is 11.0 Å². The second-order valence-corrected chi connectivity index (χ2v) is 8.19. The summed E-state index contributed by atoms with van der Waals surface area (Å²) in [5, 5.41) is 0.824. The quantitative estimate of drug-likeness (QED) is 0.484. The number of ether oxygens (including phenoxy) is 1. The van der Waals surface area contributed by atoms with Crippen molar-refractivity contribution in [3.05, 3.63) is 63.9 Å². The van der Waals surface area contributed by atoms with Gasteiger partial charge in [-0.3, -0.25) is 9.78 Å². The zero-order valence-electron chi connectivity index (χ0n) is 15.6. The molecule has 0 saturated heterocycles. The third-order valence-corrected chi connectivity index (χ3v) is 6.33. The second kappa shape index (κ2) is 8.43. The van der Waals surface area contributed by atoms with Gasteiger partial charge in [0.1, 0.15) is 6.61 Å². The van der Waals surface area contributed by atoms with Crippen LogP contribution in [0.25, 0.3) is 0 Å². The molecule has 1 aromatic heterocycles. The SMILES string of the molecule is O=C(OCc1ccccn1)C1CCc2cc(C3CCCCCC3)c(Cl)cc21. The van der Waals surface area contributed by atoms with Crippen molar-refractivity contribution in [2.45, 2.75) is 69.8 Å². The summed E-state index contributed by atoms with van der Waals surface area (Å²) < 4.78 is 5.53. The summed E-state index contributed by atoms with van der Waals surface area (Å²) in [7, 11) is 0. The maximum atomic E-state index is 12.6. The van der Waals surface area contributed by atoms with Gasteiger partial charge < -0.3 is 4.74 Å². The number of carbonyl (C=O) groups is 1. The van der Waals surface area contributed by atoms with E-state index in [4.69, 9.17) is 16.3 Å². The Morgan fingerprint density at radius 2 is 1.89 bits per heavy atom. The fraction of sp³-hybridized carbons (Fsp3) is 0.478. The normalized spacial score (nSPS) is 20.1. The number of hydrogen-bond donors (Lipinski definition) is 0. The van der Waals surface area contributed by atoms with Crippen molar-refractivity contribution in [1.29, 1.82) is 0 Å². The molecular formula is C23H26ClNO2. The minimum absolute atomic E-state index is 0.169. The fourth-order valence-electron chi connectivity index (χ4n) is 4.53. The molecule has 3 nitrogen and oxygen atoms in total. The van der Waals surface area contributed by atoms with Gasteiger partial charge in [-0.1, -0.05) is 49.4 Å². The molecule has 1 fully saturated rings. The Kier molecular flexibility index (Phi) is 5.77. The molecule has 1 unspecified atom stereocenters. The monoisotopic (exact) mass is 383 g/mol. The lowest BCUT2D eigenvalue weighted by Crippen LogP contribution is -2.14. The molecule has 0 radical (unpaired) electrons. The molecule has 2 aromatic rings. The lowest BCUT2D eigenvalue weighted by atomic mass is 9.89. The van der Waals surface area contributed by atoms with Crippen molar-refractivity contribution in [2.24, 2.45) is 0 Å². The van der Waals surface area contributed by atoms with Gasteiger partial charge in [0, 0.05) is 11.2 Å². The first-order chi connectivity index (χ1) is 13.2. The highest BCUT2D eigenvalue weighted by Crippen LogP contribution is 2.42. The van der Waals surface area contributed by atoms with Gasteiger partial charge in [-0.25, -0.2) is 0 Å². The number of nitrogens with zero attached hydrogens (tertiary/aromatic N) is 1. The molecular weight excluding hydrogens is 358 g/mol. The number of aromatic nitrogens is 1. The van der Waals surface area contributed by atoms with Crippen LogP contribution in [0.2, 0.25) is 5.02 Å². The highest BCUT2D eigenvalue weighted by molar-refractivity contribution is 6.31. The van der Waals surface area contributed by atoms with E-state index in [0.29, 0.717) is 5.92 Å². The lowest BCUT2D eigenvalue weighted by Gasteiger charge is -2.19. The predicted octanol–water partition coefficient (Wildman–Crippen LogP) is 5.95. The van der Waals surface area contributed by atoms with Crippen LogP contribution < -0.4 is 0 Å². The molecule has 1 atom stereocenters. The van der Waals surface area contributed by atoms with Gasteiger partial charge in [0.25, 0.3) is 0 Å². The first kappa shape index (κ1) is 18.5. The number of carbonyl (C=O) groups excluding carboxylic acids is 1. The molecule has 0 spiro atoms. The van der Waals surface area contributed by atoms with E-state index in [1.807, 2.05) is 24.3 Å². The maximum Gasteiger partial charge on any atom is 0.313 e. The van der Waals surface area contributed by atoms with Crippen LogP contribution in [0.15, 0.2) is 36.5 Å². The van der Waals surface area contributed by atoms with Crippen molar-refractivity contribution in [2.75, 3.05) is 0 Å². The molecule has 2 aliphatic rings. The van der Waals surface area contributed by atoms with E-state index in [9.17, 15) is 4.79 Å². The largest absolute Gasteiger partial charge is 0.459 e. The van der Waals surface area contributed by atoms with Gasteiger partial charge in [-0.2, -0.15) is 0 Å². The Hall–Kier alpha value is -1.87. The summed E-state index contributed by atoms with van der Waals surface area (Å²) in [6, 6.07) is 9.94. The van der Waals surface area contributed by atoms with Crippen molar-refractivity contribution in [1.82, 2.24) is 4.98 Å². The van der Waals surface area contributed by atoms with Gasteiger partial charge in [0.15, 0.2) is 0 Å². The van der Waals surface area contributed by atoms with Crippen LogP contribution in [0.3, 0.4) is 0 Å². The third-order valence-electron chi connectivity index (χ3n) is 6.00. The van der Waals surface area contributed by atoms with Gasteiger partial charge in [0.05, 0.1) is 11.6 Å². The number of esters is 1. The number of halogens is 1. The van der Waals surface area contributed by atoms with E-state index in [0.717, 1.165) is 29.1 Å². The van der Waals surface area contributed by atoms with Crippen molar-refractivity contribution >= 4 is 17.6 Å². The first-order valence-electron chi connectivity index (χ1n) is 10.1. The van der Waals surface area contributed by atoms with E-state index in [2.05, 4.69) is 11.1 Å². The maximum absolute atomic E-state index is 12.6. The van der Waals surface area contributed by atoms with E-state index in [1.165, 1.54) is 49.7 Å². The summed E-state index contributed by atoms with van der Waals surface area (Å²) in [4.78, 5) is 16.8. The second-order valence-electron chi connectivity index (χ2n) is 7.78. The van der Waals surface area contributed by atoms with E-state index < -0.39 is 0 Å². The van der Waals surface area contributed by atoms with Crippen LogP contribution in [0, 0.1) is 0 Å². The number of fused-ring (bicyclic) bond motifs is 1. The molecule has 0 N–H and O–H groups in total. The van der Waals surface area contributed by atoms with Gasteiger partial charge >= 0.3 is 5.97 Å². The number of rotatable bonds is 4. The van der Waals surface area contributed by atoms with Gasteiger partial charge in [0.2, 0.25) is 0 Å². The molecule has 2 aliphatic carbocycles. The van der Waals surface area contributed by atoms with Crippen LogP contribution in [0.1, 0.15) is 79.2 Å². The highest BCUT2D eigenvalue weighted by Gasteiger charge is 2.32. The molecule has 27 heavy (non-hydrogen) atoms.